The van der Waals surface area contributed by atoms with Gasteiger partial charge >= 0.3 is 0 Å². The summed E-state index contributed by atoms with van der Waals surface area (Å²) in [6.07, 6.45) is 7.52. The minimum atomic E-state index is -0.669. The number of nitrogens with two attached hydrogens (primary N) is 1. The number of ether oxygens (including phenoxy) is 1. The van der Waals surface area contributed by atoms with E-state index in [1.54, 1.807) is 0 Å². The minimum absolute atomic E-state index is 0. The van der Waals surface area contributed by atoms with Gasteiger partial charge in [-0.1, -0.05) is 19.3 Å². The van der Waals surface area contributed by atoms with E-state index in [0.717, 1.165) is 51.4 Å². The van der Waals surface area contributed by atoms with Crippen LogP contribution in [0.5, 0.6) is 0 Å². The Morgan fingerprint density at radius 3 is 2.38 bits per heavy atom. The first kappa shape index (κ1) is 21.2. The number of halogens is 1. The molecule has 1 aliphatic heterocycles. The van der Waals surface area contributed by atoms with Crippen LogP contribution in [0.2, 0.25) is 0 Å². The van der Waals surface area contributed by atoms with Crippen molar-refractivity contribution in [3.8, 4) is 0 Å². The van der Waals surface area contributed by atoms with Gasteiger partial charge < -0.3 is 20.7 Å². The fraction of sp³-hybridized carbons (Fsp3) is 0.882. The van der Waals surface area contributed by atoms with Crippen molar-refractivity contribution in [3.63, 3.8) is 0 Å². The molecule has 2 amide bonds. The molecule has 1 saturated carbocycles. The van der Waals surface area contributed by atoms with E-state index in [0.29, 0.717) is 26.2 Å². The summed E-state index contributed by atoms with van der Waals surface area (Å²) >= 11 is 0. The number of amides is 2. The fourth-order valence-corrected chi connectivity index (χ4v) is 3.75. The van der Waals surface area contributed by atoms with Crippen molar-refractivity contribution in [2.24, 2.45) is 5.73 Å². The fourth-order valence-electron chi connectivity index (χ4n) is 3.75. The molecular weight excluding hydrogens is 330 g/mol. The Kier molecular flexibility index (Phi) is 9.02. The first-order chi connectivity index (χ1) is 11.1. The smallest absolute Gasteiger partial charge is 0.248 e. The van der Waals surface area contributed by atoms with Gasteiger partial charge in [-0.25, -0.2) is 0 Å². The zero-order valence-electron chi connectivity index (χ0n) is 14.7. The molecule has 0 bridgehead atoms. The normalized spacial score (nSPS) is 21.0. The number of piperidine rings is 1. The second-order valence-electron chi connectivity index (χ2n) is 6.83. The Morgan fingerprint density at radius 2 is 1.83 bits per heavy atom. The van der Waals surface area contributed by atoms with E-state index in [1.165, 1.54) is 6.92 Å². The standard InChI is InChI=1S/C17H31N3O3.ClH/c1-14(21)19-17(8-3-2-4-9-17)16(22)20-11-6-15(7-12-20)23-13-5-10-18;/h15H,2-13,18H2,1H3,(H,19,21);1H. The molecule has 24 heavy (non-hydrogen) atoms. The molecule has 7 heteroatoms. The van der Waals surface area contributed by atoms with Gasteiger partial charge in [0.15, 0.2) is 0 Å². The van der Waals surface area contributed by atoms with E-state index in [-0.39, 0.29) is 30.3 Å². The molecule has 0 atom stereocenters. The second-order valence-corrected chi connectivity index (χ2v) is 6.83. The molecule has 0 radical (unpaired) electrons. The van der Waals surface area contributed by atoms with Crippen molar-refractivity contribution < 1.29 is 14.3 Å². The van der Waals surface area contributed by atoms with E-state index in [9.17, 15) is 9.59 Å². The Balaban J connectivity index is 0.00000288. The molecule has 2 aliphatic rings. The Hall–Kier alpha value is -0.850. The van der Waals surface area contributed by atoms with Gasteiger partial charge in [0, 0.05) is 26.6 Å². The van der Waals surface area contributed by atoms with Crippen molar-refractivity contribution in [1.29, 1.82) is 0 Å². The van der Waals surface area contributed by atoms with Crippen LogP contribution in [0.3, 0.4) is 0 Å². The molecular formula is C17H32ClN3O3. The lowest BCUT2D eigenvalue weighted by Crippen LogP contribution is -2.61. The highest BCUT2D eigenvalue weighted by Gasteiger charge is 2.43. The monoisotopic (exact) mass is 361 g/mol. The van der Waals surface area contributed by atoms with Gasteiger partial charge in [0.05, 0.1) is 6.10 Å². The number of hydrogen-bond acceptors (Lipinski definition) is 4. The van der Waals surface area contributed by atoms with Gasteiger partial charge in [-0.3, -0.25) is 9.59 Å². The molecule has 1 aliphatic carbocycles. The van der Waals surface area contributed by atoms with Crippen LogP contribution in [0, 0.1) is 0 Å². The Morgan fingerprint density at radius 1 is 1.21 bits per heavy atom. The number of nitrogens with zero attached hydrogens (tertiary/aromatic N) is 1. The van der Waals surface area contributed by atoms with E-state index < -0.39 is 5.54 Å². The molecule has 0 aromatic carbocycles. The van der Waals surface area contributed by atoms with Gasteiger partial charge in [0.25, 0.3) is 0 Å². The zero-order valence-corrected chi connectivity index (χ0v) is 15.5. The average Bonchev–Trinajstić information content (AvgIpc) is 2.55. The maximum Gasteiger partial charge on any atom is 0.248 e. The number of hydrogen-bond donors (Lipinski definition) is 2. The maximum atomic E-state index is 13.0. The summed E-state index contributed by atoms with van der Waals surface area (Å²) in [6.45, 7) is 4.28. The highest BCUT2D eigenvalue weighted by atomic mass is 35.5. The van der Waals surface area contributed by atoms with E-state index >= 15 is 0 Å². The van der Waals surface area contributed by atoms with Crippen LogP contribution in [0.25, 0.3) is 0 Å². The lowest BCUT2D eigenvalue weighted by atomic mass is 9.80. The molecule has 0 unspecified atom stereocenters. The third-order valence-corrected chi connectivity index (χ3v) is 4.96. The highest BCUT2D eigenvalue weighted by molar-refractivity contribution is 5.91. The van der Waals surface area contributed by atoms with Crippen molar-refractivity contribution in [3.05, 3.63) is 0 Å². The lowest BCUT2D eigenvalue weighted by molar-refractivity contribution is -0.145. The number of carbonyl (C=O) groups is 2. The third kappa shape index (κ3) is 5.60. The summed E-state index contributed by atoms with van der Waals surface area (Å²) < 4.78 is 5.80. The van der Waals surface area contributed by atoms with Gasteiger partial charge in [-0.2, -0.15) is 0 Å². The van der Waals surface area contributed by atoms with Crippen LogP contribution < -0.4 is 11.1 Å². The largest absolute Gasteiger partial charge is 0.378 e. The van der Waals surface area contributed by atoms with Crippen LogP contribution >= 0.6 is 12.4 Å². The summed E-state index contributed by atoms with van der Waals surface area (Å²) in [5.41, 5.74) is 4.81. The topological polar surface area (TPSA) is 84.7 Å². The molecule has 6 nitrogen and oxygen atoms in total. The van der Waals surface area contributed by atoms with Crippen LogP contribution in [0.4, 0.5) is 0 Å². The van der Waals surface area contributed by atoms with Gasteiger partial charge in [-0.15, -0.1) is 12.4 Å². The quantitative estimate of drug-likeness (QED) is 0.704. The molecule has 3 N–H and O–H groups in total. The van der Waals surface area contributed by atoms with Gasteiger partial charge in [0.1, 0.15) is 5.54 Å². The first-order valence-electron chi connectivity index (χ1n) is 8.97. The summed E-state index contributed by atoms with van der Waals surface area (Å²) in [6, 6.07) is 0. The Labute approximate surface area is 151 Å². The Bertz CT molecular complexity index is 406. The molecule has 0 spiro atoms. The molecule has 1 heterocycles. The SMILES string of the molecule is CC(=O)NC1(C(=O)N2CCC(OCCCN)CC2)CCCCC1.Cl. The summed E-state index contributed by atoms with van der Waals surface area (Å²) in [4.78, 5) is 26.5. The molecule has 140 valence electrons. The predicted octanol–water partition coefficient (Wildman–Crippen LogP) is 1.60. The van der Waals surface area contributed by atoms with Crippen molar-refractivity contribution in [2.45, 2.75) is 69.9 Å². The maximum absolute atomic E-state index is 13.0. The number of likely N-dealkylation sites (tertiary alicyclic amines) is 1. The molecule has 0 aromatic heterocycles. The molecule has 2 rings (SSSR count). The van der Waals surface area contributed by atoms with Crippen LogP contribution in [0.15, 0.2) is 0 Å². The van der Waals surface area contributed by atoms with Crippen LogP contribution in [-0.4, -0.2) is 54.6 Å². The van der Waals surface area contributed by atoms with Crippen molar-refractivity contribution in [2.75, 3.05) is 26.2 Å². The van der Waals surface area contributed by atoms with Crippen LogP contribution in [0.1, 0.15) is 58.3 Å². The number of carbonyl (C=O) groups excluding carboxylic acids is 2. The molecule has 2 fully saturated rings. The lowest BCUT2D eigenvalue weighted by Gasteiger charge is -2.42. The molecule has 1 saturated heterocycles. The average molecular weight is 362 g/mol. The van der Waals surface area contributed by atoms with E-state index in [4.69, 9.17) is 10.5 Å². The first-order valence-corrected chi connectivity index (χ1v) is 8.97. The zero-order chi connectivity index (χ0) is 16.7. The second kappa shape index (κ2) is 10.2. The minimum Gasteiger partial charge on any atom is -0.378 e. The highest BCUT2D eigenvalue weighted by Crippen LogP contribution is 2.31. The third-order valence-electron chi connectivity index (χ3n) is 4.96. The van der Waals surface area contributed by atoms with Crippen molar-refractivity contribution in [1.82, 2.24) is 10.2 Å². The molecule has 0 aromatic rings. The summed E-state index contributed by atoms with van der Waals surface area (Å²) in [7, 11) is 0. The van der Waals surface area contributed by atoms with Crippen LogP contribution in [-0.2, 0) is 14.3 Å². The van der Waals surface area contributed by atoms with Crippen molar-refractivity contribution >= 4 is 24.2 Å². The number of nitrogens with one attached hydrogen (secondary N) is 1. The van der Waals surface area contributed by atoms with Gasteiger partial charge in [-0.05, 0) is 38.6 Å². The van der Waals surface area contributed by atoms with Gasteiger partial charge in [0.2, 0.25) is 11.8 Å². The summed E-state index contributed by atoms with van der Waals surface area (Å²) in [5.74, 6) is -0.00642. The van der Waals surface area contributed by atoms with E-state index in [2.05, 4.69) is 5.32 Å². The van der Waals surface area contributed by atoms with E-state index in [1.807, 2.05) is 4.90 Å². The number of rotatable bonds is 6. The summed E-state index contributed by atoms with van der Waals surface area (Å²) in [5, 5.41) is 2.97. The predicted molar refractivity (Wildman–Crippen MR) is 96.1 cm³/mol.